The lowest BCUT2D eigenvalue weighted by atomic mass is 9.95. The molecule has 48 heavy (non-hydrogen) atoms. The summed E-state index contributed by atoms with van der Waals surface area (Å²) in [5.74, 6) is -3.62. The Morgan fingerprint density at radius 3 is 2.35 bits per heavy atom. The monoisotopic (exact) mass is 700 g/mol. The number of rotatable bonds is 3. The molecule has 0 aliphatic carbocycles. The van der Waals surface area contributed by atoms with E-state index in [9.17, 15) is 29.4 Å². The molecule has 0 unspecified atom stereocenters. The summed E-state index contributed by atoms with van der Waals surface area (Å²) in [5, 5.41) is 27.9. The van der Waals surface area contributed by atoms with Gasteiger partial charge in [-0.2, -0.15) is 0 Å². The SMILES string of the molecule is C/C1=C\[C@@H](C)[C@@H](C)OC(=O)[C@@H](O)[C@H](c2ccc(O)c(Cl)c2)NC(=O)[C@@H](Cc2c(Cl)[nH]c3ccccc23)N(C)C(=O)[C@H](C)NC(=O)[C@@H](C)C1. The van der Waals surface area contributed by atoms with Gasteiger partial charge in [0.2, 0.25) is 17.7 Å². The van der Waals surface area contributed by atoms with Crippen molar-refractivity contribution >= 4 is 57.8 Å². The summed E-state index contributed by atoms with van der Waals surface area (Å²) in [5.41, 5.74) is 2.37. The minimum atomic E-state index is -1.90. The Morgan fingerprint density at radius 2 is 1.67 bits per heavy atom. The maximum absolute atomic E-state index is 14.3. The highest BCUT2D eigenvalue weighted by Crippen LogP contribution is 2.31. The fourth-order valence-electron chi connectivity index (χ4n) is 5.88. The van der Waals surface area contributed by atoms with Crippen molar-refractivity contribution in [2.45, 2.75) is 77.8 Å². The number of fused-ring (bicyclic) bond motifs is 1. The molecule has 0 saturated carbocycles. The van der Waals surface area contributed by atoms with Crippen LogP contribution < -0.4 is 10.6 Å². The highest BCUT2D eigenvalue weighted by molar-refractivity contribution is 6.32. The van der Waals surface area contributed by atoms with Gasteiger partial charge in [0, 0.05) is 36.2 Å². The molecule has 0 fully saturated rings. The number of aromatic amines is 1. The number of hydrogen-bond acceptors (Lipinski definition) is 7. The molecular formula is C35H42Cl2N4O7. The molecule has 4 rings (SSSR count). The molecule has 13 heteroatoms. The predicted molar refractivity (Wildman–Crippen MR) is 183 cm³/mol. The third-order valence-corrected chi connectivity index (χ3v) is 9.48. The Morgan fingerprint density at radius 1 is 0.979 bits per heavy atom. The van der Waals surface area contributed by atoms with E-state index in [0.29, 0.717) is 12.0 Å². The first-order chi connectivity index (χ1) is 22.6. The lowest BCUT2D eigenvalue weighted by molar-refractivity contribution is -0.162. The van der Waals surface area contributed by atoms with Gasteiger partial charge in [-0.25, -0.2) is 4.79 Å². The van der Waals surface area contributed by atoms with Crippen LogP contribution in [0.3, 0.4) is 0 Å². The van der Waals surface area contributed by atoms with E-state index in [1.54, 1.807) is 20.8 Å². The number of H-pyrrole nitrogens is 1. The zero-order valence-electron chi connectivity index (χ0n) is 27.7. The Bertz CT molecular complexity index is 1720. The minimum Gasteiger partial charge on any atom is -0.506 e. The van der Waals surface area contributed by atoms with E-state index in [-0.39, 0.29) is 39.7 Å². The minimum absolute atomic E-state index is 0.0594. The molecule has 7 atom stereocenters. The van der Waals surface area contributed by atoms with Gasteiger partial charge in [0.1, 0.15) is 29.1 Å². The largest absolute Gasteiger partial charge is 0.506 e. The molecule has 5 N–H and O–H groups in total. The average Bonchev–Trinajstić information content (AvgIpc) is 3.36. The van der Waals surface area contributed by atoms with Gasteiger partial charge in [-0.05, 0) is 56.5 Å². The summed E-state index contributed by atoms with van der Waals surface area (Å²) < 4.78 is 5.65. The Labute approximate surface area is 289 Å². The summed E-state index contributed by atoms with van der Waals surface area (Å²) in [4.78, 5) is 59.0. The van der Waals surface area contributed by atoms with E-state index in [4.69, 9.17) is 27.9 Å². The van der Waals surface area contributed by atoms with Crippen molar-refractivity contribution in [2.24, 2.45) is 11.8 Å². The topological polar surface area (TPSA) is 161 Å². The first-order valence-electron chi connectivity index (χ1n) is 15.8. The quantitative estimate of drug-likeness (QED) is 0.193. The number of cyclic esters (lactones) is 1. The predicted octanol–water partition coefficient (Wildman–Crippen LogP) is 4.83. The highest BCUT2D eigenvalue weighted by Gasteiger charge is 2.37. The van der Waals surface area contributed by atoms with Gasteiger partial charge in [0.05, 0.1) is 11.1 Å². The first kappa shape index (κ1) is 36.8. The molecular weight excluding hydrogens is 659 g/mol. The van der Waals surface area contributed by atoms with Crippen molar-refractivity contribution in [1.29, 1.82) is 0 Å². The summed E-state index contributed by atoms with van der Waals surface area (Å²) in [6, 6.07) is 7.69. The van der Waals surface area contributed by atoms with Crippen LogP contribution in [0.1, 0.15) is 58.2 Å². The molecule has 3 aromatic rings. The number of likely N-dealkylation sites (N-methyl/N-ethyl adjacent to an activating group) is 1. The summed E-state index contributed by atoms with van der Waals surface area (Å²) in [6.07, 6.45) is -0.353. The number of nitrogens with zero attached hydrogens (tertiary/aromatic N) is 1. The second kappa shape index (κ2) is 15.4. The molecule has 2 heterocycles. The van der Waals surface area contributed by atoms with Gasteiger partial charge in [-0.15, -0.1) is 0 Å². The lowest BCUT2D eigenvalue weighted by Crippen LogP contribution is -2.56. The number of aliphatic hydroxyl groups is 1. The number of nitrogens with one attached hydrogen (secondary N) is 3. The Hall–Kier alpha value is -4.06. The number of esters is 1. The van der Waals surface area contributed by atoms with Crippen molar-refractivity contribution < 1.29 is 34.1 Å². The van der Waals surface area contributed by atoms with Crippen LogP contribution in [0, 0.1) is 11.8 Å². The maximum Gasteiger partial charge on any atom is 0.337 e. The van der Waals surface area contributed by atoms with E-state index < -0.39 is 54.0 Å². The number of carbonyl (C=O) groups is 4. The van der Waals surface area contributed by atoms with E-state index in [2.05, 4.69) is 15.6 Å². The molecule has 1 aliphatic heterocycles. The number of ether oxygens (including phenoxy) is 1. The van der Waals surface area contributed by atoms with Crippen molar-refractivity contribution in [3.8, 4) is 5.75 Å². The third-order valence-electron chi connectivity index (χ3n) is 8.86. The first-order valence-corrected chi connectivity index (χ1v) is 16.5. The molecule has 11 nitrogen and oxygen atoms in total. The van der Waals surface area contributed by atoms with Crippen LogP contribution >= 0.6 is 23.2 Å². The highest BCUT2D eigenvalue weighted by atomic mass is 35.5. The van der Waals surface area contributed by atoms with Crippen molar-refractivity contribution in [2.75, 3.05) is 7.05 Å². The Kier molecular flexibility index (Phi) is 11.8. The van der Waals surface area contributed by atoms with Crippen LogP contribution in [0.15, 0.2) is 54.1 Å². The van der Waals surface area contributed by atoms with E-state index in [1.165, 1.54) is 30.1 Å². The standard InChI is InChI=1S/C35H42Cl2N4O7/c1-17-13-18(2)21(5)48-35(47)30(43)29(22-11-12-28(42)25(36)15-22)40-33(45)27(16-24-23-9-7-8-10-26(23)39-31(24)37)41(6)34(46)20(4)38-32(44)19(3)14-17/h7-13,15,18-21,27,29-30,39,42-43H,14,16H2,1-6H3,(H,38,44)(H,40,45)/b17-13+/t18-,19+,20+,21-,27-,29+,30+/m1/s1. The molecule has 0 saturated heterocycles. The summed E-state index contributed by atoms with van der Waals surface area (Å²) >= 11 is 12.8. The van der Waals surface area contributed by atoms with E-state index in [0.717, 1.165) is 16.5 Å². The van der Waals surface area contributed by atoms with Crippen LogP contribution in [0.4, 0.5) is 0 Å². The van der Waals surface area contributed by atoms with Crippen LogP contribution in [-0.4, -0.2) is 75.1 Å². The van der Waals surface area contributed by atoms with Crippen LogP contribution in [-0.2, 0) is 30.3 Å². The summed E-state index contributed by atoms with van der Waals surface area (Å²) in [7, 11) is 1.44. The number of halogens is 2. The number of aromatic hydroxyl groups is 1. The zero-order chi connectivity index (χ0) is 35.4. The smallest absolute Gasteiger partial charge is 0.337 e. The number of benzene rings is 2. The summed E-state index contributed by atoms with van der Waals surface area (Å²) in [6.45, 7) is 8.68. The number of hydrogen-bond donors (Lipinski definition) is 5. The normalized spacial score (nSPS) is 28.1. The number of amides is 3. The molecule has 3 amide bonds. The van der Waals surface area contributed by atoms with Gasteiger partial charge in [-0.1, -0.05) is 73.0 Å². The average molecular weight is 702 g/mol. The number of para-hydroxylation sites is 1. The number of aromatic nitrogens is 1. The second-order valence-electron chi connectivity index (χ2n) is 12.6. The molecule has 0 spiro atoms. The van der Waals surface area contributed by atoms with Crippen LogP contribution in [0.25, 0.3) is 10.9 Å². The van der Waals surface area contributed by atoms with Crippen LogP contribution in [0.2, 0.25) is 10.2 Å². The molecule has 1 aliphatic rings. The van der Waals surface area contributed by atoms with Gasteiger partial charge in [-0.3, -0.25) is 14.4 Å². The maximum atomic E-state index is 14.3. The molecule has 2 aromatic carbocycles. The molecule has 258 valence electrons. The number of carbonyl (C=O) groups excluding carboxylic acids is 4. The zero-order valence-corrected chi connectivity index (χ0v) is 29.2. The molecule has 0 radical (unpaired) electrons. The van der Waals surface area contributed by atoms with Crippen molar-refractivity contribution in [3.05, 3.63) is 75.4 Å². The Balaban J connectivity index is 1.81. The van der Waals surface area contributed by atoms with Gasteiger partial charge in [0.25, 0.3) is 0 Å². The molecule has 0 bridgehead atoms. The number of aliphatic hydroxyl groups excluding tert-OH is 1. The molecule has 1 aromatic heterocycles. The van der Waals surface area contributed by atoms with Gasteiger partial charge < -0.3 is 35.5 Å². The number of phenols is 1. The van der Waals surface area contributed by atoms with Crippen molar-refractivity contribution in [3.63, 3.8) is 0 Å². The van der Waals surface area contributed by atoms with Crippen LogP contribution in [0.5, 0.6) is 5.75 Å². The third kappa shape index (κ3) is 8.32. The van der Waals surface area contributed by atoms with E-state index >= 15 is 0 Å². The van der Waals surface area contributed by atoms with E-state index in [1.807, 2.05) is 44.2 Å². The number of phenolic OH excluding ortho intramolecular Hbond substituents is 1. The lowest BCUT2D eigenvalue weighted by Gasteiger charge is -2.33. The van der Waals surface area contributed by atoms with Gasteiger partial charge >= 0.3 is 5.97 Å². The fourth-order valence-corrected chi connectivity index (χ4v) is 6.35. The fraction of sp³-hybridized carbons (Fsp3) is 0.429. The second-order valence-corrected chi connectivity index (χ2v) is 13.4. The number of allylic oxidation sites excluding steroid dienone is 1. The van der Waals surface area contributed by atoms with Crippen molar-refractivity contribution in [1.82, 2.24) is 20.5 Å². The van der Waals surface area contributed by atoms with Gasteiger partial charge in [0.15, 0.2) is 6.10 Å².